The number of nitrogens with two attached hydrogens (primary N) is 1. The van der Waals surface area contributed by atoms with E-state index in [4.69, 9.17) is 5.73 Å². The molecule has 0 aliphatic carbocycles. The molecule has 1 aliphatic rings. The van der Waals surface area contributed by atoms with Crippen LogP contribution in [0.5, 0.6) is 0 Å². The second kappa shape index (κ2) is 3.81. The maximum Gasteiger partial charge on any atom is 0.312 e. The number of amides is 2. The Morgan fingerprint density at radius 3 is 2.40 bits per heavy atom. The highest BCUT2D eigenvalue weighted by molar-refractivity contribution is 6.35. The van der Waals surface area contributed by atoms with Crippen molar-refractivity contribution in [3.05, 3.63) is 0 Å². The predicted molar refractivity (Wildman–Crippen MR) is 57.1 cm³/mol. The Labute approximate surface area is 90.2 Å². The fourth-order valence-corrected chi connectivity index (χ4v) is 1.73. The minimum Gasteiger partial charge on any atom is -0.335 e. The van der Waals surface area contributed by atoms with Crippen molar-refractivity contribution in [3.63, 3.8) is 0 Å². The second-order valence-electron chi connectivity index (χ2n) is 4.96. The van der Waals surface area contributed by atoms with Gasteiger partial charge in [-0.25, -0.2) is 0 Å². The summed E-state index contributed by atoms with van der Waals surface area (Å²) in [7, 11) is 1.64. The van der Waals surface area contributed by atoms with Crippen molar-refractivity contribution >= 4 is 11.8 Å². The van der Waals surface area contributed by atoms with E-state index in [-0.39, 0.29) is 6.04 Å². The molecule has 0 aromatic carbocycles. The molecule has 15 heavy (non-hydrogen) atoms. The molecule has 86 valence electrons. The number of likely N-dealkylation sites (N-methyl/N-ethyl adjacent to an activating group) is 1. The molecule has 0 aromatic rings. The first-order valence-electron chi connectivity index (χ1n) is 5.07. The lowest BCUT2D eigenvalue weighted by molar-refractivity contribution is -0.158. The van der Waals surface area contributed by atoms with Crippen molar-refractivity contribution in [2.24, 2.45) is 5.73 Å². The van der Waals surface area contributed by atoms with Crippen LogP contribution in [0.25, 0.3) is 0 Å². The van der Waals surface area contributed by atoms with Crippen LogP contribution >= 0.6 is 0 Å². The molecule has 1 unspecified atom stereocenters. The summed E-state index contributed by atoms with van der Waals surface area (Å²) in [5.41, 5.74) is 5.38. The van der Waals surface area contributed by atoms with E-state index >= 15 is 0 Å². The summed E-state index contributed by atoms with van der Waals surface area (Å²) >= 11 is 0. The Balaban J connectivity index is 2.80. The zero-order valence-electron chi connectivity index (χ0n) is 9.78. The monoisotopic (exact) mass is 213 g/mol. The molecule has 0 bridgehead atoms. The molecule has 0 spiro atoms. The van der Waals surface area contributed by atoms with Gasteiger partial charge in [-0.05, 0) is 20.8 Å². The standard InChI is InChI=1S/C10H19N3O2/c1-7-5-12(4)8(14)9(15)13(7)6-10(2,3)11/h7H,5-6,11H2,1-4H3. The van der Waals surface area contributed by atoms with Crippen molar-refractivity contribution in [2.75, 3.05) is 20.1 Å². The summed E-state index contributed by atoms with van der Waals surface area (Å²) in [6.45, 7) is 6.59. The summed E-state index contributed by atoms with van der Waals surface area (Å²) in [6, 6.07) is 0.0306. The first-order chi connectivity index (χ1) is 6.72. The summed E-state index contributed by atoms with van der Waals surface area (Å²) in [5.74, 6) is -0.896. The van der Waals surface area contributed by atoms with Gasteiger partial charge in [0.2, 0.25) is 0 Å². The third kappa shape index (κ3) is 2.68. The highest BCUT2D eigenvalue weighted by Crippen LogP contribution is 2.13. The first kappa shape index (κ1) is 12.0. The summed E-state index contributed by atoms with van der Waals surface area (Å²) < 4.78 is 0. The highest BCUT2D eigenvalue weighted by Gasteiger charge is 2.36. The number of rotatable bonds is 2. The van der Waals surface area contributed by atoms with Gasteiger partial charge < -0.3 is 15.5 Å². The van der Waals surface area contributed by atoms with E-state index in [1.807, 2.05) is 20.8 Å². The maximum absolute atomic E-state index is 11.7. The Morgan fingerprint density at radius 2 is 1.93 bits per heavy atom. The minimum atomic E-state index is -0.472. The van der Waals surface area contributed by atoms with Gasteiger partial charge in [0, 0.05) is 31.7 Å². The molecule has 1 heterocycles. The summed E-state index contributed by atoms with van der Waals surface area (Å²) in [5, 5.41) is 0. The van der Waals surface area contributed by atoms with Crippen LogP contribution in [-0.2, 0) is 9.59 Å². The highest BCUT2D eigenvalue weighted by atomic mass is 16.2. The average Bonchev–Trinajstić information content (AvgIpc) is 2.07. The van der Waals surface area contributed by atoms with Crippen LogP contribution in [0, 0.1) is 0 Å². The second-order valence-corrected chi connectivity index (χ2v) is 4.96. The van der Waals surface area contributed by atoms with Crippen molar-refractivity contribution < 1.29 is 9.59 Å². The fourth-order valence-electron chi connectivity index (χ4n) is 1.73. The number of carbonyl (C=O) groups is 2. The largest absolute Gasteiger partial charge is 0.335 e. The van der Waals surface area contributed by atoms with E-state index in [0.717, 1.165) is 0 Å². The normalized spacial score (nSPS) is 23.7. The maximum atomic E-state index is 11.7. The molecule has 2 N–H and O–H groups in total. The molecule has 2 amide bonds. The third-order valence-corrected chi connectivity index (χ3v) is 2.44. The van der Waals surface area contributed by atoms with Gasteiger partial charge in [0.25, 0.3) is 0 Å². The molecular weight excluding hydrogens is 194 g/mol. The Morgan fingerprint density at radius 1 is 1.40 bits per heavy atom. The van der Waals surface area contributed by atoms with Gasteiger partial charge in [-0.1, -0.05) is 0 Å². The molecule has 0 aromatic heterocycles. The lowest BCUT2D eigenvalue weighted by Crippen LogP contribution is -2.61. The first-order valence-corrected chi connectivity index (χ1v) is 5.07. The molecule has 1 fully saturated rings. The van der Waals surface area contributed by atoms with Gasteiger partial charge in [0.05, 0.1) is 0 Å². The van der Waals surface area contributed by atoms with E-state index in [1.165, 1.54) is 4.90 Å². The summed E-state index contributed by atoms with van der Waals surface area (Å²) in [6.07, 6.45) is 0. The van der Waals surface area contributed by atoms with Gasteiger partial charge in [-0.2, -0.15) is 0 Å². The number of nitrogens with zero attached hydrogens (tertiary/aromatic N) is 2. The summed E-state index contributed by atoms with van der Waals surface area (Å²) in [4.78, 5) is 26.2. The Kier molecular flexibility index (Phi) is 3.04. The van der Waals surface area contributed by atoms with Crippen LogP contribution in [0.1, 0.15) is 20.8 Å². The van der Waals surface area contributed by atoms with Crippen LogP contribution in [0.2, 0.25) is 0 Å². The number of piperazine rings is 1. The van der Waals surface area contributed by atoms with Crippen LogP contribution in [-0.4, -0.2) is 53.3 Å². The average molecular weight is 213 g/mol. The molecule has 5 heteroatoms. The molecule has 1 saturated heterocycles. The van der Waals surface area contributed by atoms with E-state index < -0.39 is 17.4 Å². The van der Waals surface area contributed by atoms with Gasteiger partial charge in [-0.3, -0.25) is 9.59 Å². The Bertz CT molecular complexity index is 283. The SMILES string of the molecule is CC1CN(C)C(=O)C(=O)N1CC(C)(C)N. The van der Waals surface area contributed by atoms with E-state index in [2.05, 4.69) is 0 Å². The molecule has 5 nitrogen and oxygen atoms in total. The molecular formula is C10H19N3O2. The zero-order chi connectivity index (χ0) is 11.8. The lowest BCUT2D eigenvalue weighted by atomic mass is 10.0. The van der Waals surface area contributed by atoms with Gasteiger partial charge in [-0.15, -0.1) is 0 Å². The lowest BCUT2D eigenvalue weighted by Gasteiger charge is -2.40. The molecule has 0 saturated carbocycles. The number of hydrogen-bond acceptors (Lipinski definition) is 3. The Hall–Kier alpha value is -1.10. The fraction of sp³-hybridized carbons (Fsp3) is 0.800. The van der Waals surface area contributed by atoms with Crippen LogP contribution in [0.15, 0.2) is 0 Å². The van der Waals surface area contributed by atoms with Gasteiger partial charge >= 0.3 is 11.8 Å². The third-order valence-electron chi connectivity index (χ3n) is 2.44. The van der Waals surface area contributed by atoms with E-state index in [0.29, 0.717) is 13.1 Å². The van der Waals surface area contributed by atoms with Crippen molar-refractivity contribution in [3.8, 4) is 0 Å². The smallest absolute Gasteiger partial charge is 0.312 e. The topological polar surface area (TPSA) is 66.6 Å². The zero-order valence-corrected chi connectivity index (χ0v) is 9.78. The predicted octanol–water partition coefficient (Wildman–Crippen LogP) is -0.587. The number of carbonyl (C=O) groups excluding carboxylic acids is 2. The van der Waals surface area contributed by atoms with E-state index in [1.54, 1.807) is 11.9 Å². The van der Waals surface area contributed by atoms with Crippen molar-refractivity contribution in [1.29, 1.82) is 0 Å². The quantitative estimate of drug-likeness (QED) is 0.624. The van der Waals surface area contributed by atoms with E-state index in [9.17, 15) is 9.59 Å². The molecule has 0 radical (unpaired) electrons. The van der Waals surface area contributed by atoms with Crippen LogP contribution < -0.4 is 5.73 Å². The van der Waals surface area contributed by atoms with Gasteiger partial charge in [0.15, 0.2) is 0 Å². The van der Waals surface area contributed by atoms with Crippen LogP contribution in [0.3, 0.4) is 0 Å². The molecule has 1 aliphatic heterocycles. The molecule has 1 rings (SSSR count). The van der Waals surface area contributed by atoms with Gasteiger partial charge in [0.1, 0.15) is 0 Å². The molecule has 1 atom stereocenters. The van der Waals surface area contributed by atoms with Crippen molar-refractivity contribution in [1.82, 2.24) is 9.80 Å². The van der Waals surface area contributed by atoms with Crippen molar-refractivity contribution in [2.45, 2.75) is 32.4 Å². The van der Waals surface area contributed by atoms with Crippen LogP contribution in [0.4, 0.5) is 0 Å². The minimum absolute atomic E-state index is 0.0306. The number of hydrogen-bond donors (Lipinski definition) is 1.